The first-order valence-electron chi connectivity index (χ1n) is 5.79. The van der Waals surface area contributed by atoms with Gasteiger partial charge in [-0.05, 0) is 12.1 Å². The Hall–Kier alpha value is -1.81. The number of halogens is 1. The van der Waals surface area contributed by atoms with Crippen molar-refractivity contribution in [2.45, 2.75) is 6.42 Å². The Morgan fingerprint density at radius 3 is 3.06 bits per heavy atom. The standard InChI is InChI=1S/C13H13ClN4/c1-18-8-16-10-6-9(2-3-12(10)18)11-7-15-13(17-11)4-5-14/h2-3,6-8H,4-5H2,1H3,(H,15,17). The summed E-state index contributed by atoms with van der Waals surface area (Å²) in [6, 6.07) is 6.20. The highest BCUT2D eigenvalue weighted by atomic mass is 35.5. The monoisotopic (exact) mass is 260 g/mol. The number of hydrogen-bond acceptors (Lipinski definition) is 2. The van der Waals surface area contributed by atoms with Gasteiger partial charge in [-0.1, -0.05) is 6.07 Å². The van der Waals surface area contributed by atoms with Crippen LogP contribution in [0.4, 0.5) is 0 Å². The number of H-pyrrole nitrogens is 1. The molecule has 1 aromatic carbocycles. The molecule has 0 unspecified atom stereocenters. The van der Waals surface area contributed by atoms with E-state index in [2.05, 4.69) is 33.2 Å². The van der Waals surface area contributed by atoms with Gasteiger partial charge in [0.1, 0.15) is 5.82 Å². The molecule has 0 aliphatic heterocycles. The summed E-state index contributed by atoms with van der Waals surface area (Å²) in [5, 5.41) is 0. The van der Waals surface area contributed by atoms with Crippen LogP contribution in [-0.2, 0) is 13.5 Å². The van der Waals surface area contributed by atoms with E-state index in [4.69, 9.17) is 11.6 Å². The molecule has 0 amide bonds. The summed E-state index contributed by atoms with van der Waals surface area (Å²) in [7, 11) is 1.99. The van der Waals surface area contributed by atoms with E-state index < -0.39 is 0 Å². The van der Waals surface area contributed by atoms with Crippen LogP contribution in [0.25, 0.3) is 22.3 Å². The molecule has 0 aliphatic carbocycles. The molecule has 0 saturated carbocycles. The average Bonchev–Trinajstić information content (AvgIpc) is 2.97. The molecule has 3 aromatic rings. The molecule has 0 aliphatic rings. The first-order valence-corrected chi connectivity index (χ1v) is 6.32. The predicted molar refractivity (Wildman–Crippen MR) is 72.7 cm³/mol. The van der Waals surface area contributed by atoms with Crippen molar-refractivity contribution in [1.82, 2.24) is 19.5 Å². The molecule has 1 N–H and O–H groups in total. The van der Waals surface area contributed by atoms with Gasteiger partial charge in [-0.2, -0.15) is 0 Å². The number of aryl methyl sites for hydroxylation is 2. The van der Waals surface area contributed by atoms with Crippen LogP contribution in [0.3, 0.4) is 0 Å². The molecule has 0 atom stereocenters. The number of rotatable bonds is 3. The van der Waals surface area contributed by atoms with Crippen LogP contribution in [-0.4, -0.2) is 25.4 Å². The Kier molecular flexibility index (Phi) is 2.80. The number of benzene rings is 1. The van der Waals surface area contributed by atoms with E-state index >= 15 is 0 Å². The molecule has 2 heterocycles. The second-order valence-electron chi connectivity index (χ2n) is 4.24. The largest absolute Gasteiger partial charge is 0.342 e. The van der Waals surface area contributed by atoms with Crippen molar-refractivity contribution in [2.24, 2.45) is 7.05 Å². The molecule has 0 bridgehead atoms. The zero-order valence-corrected chi connectivity index (χ0v) is 10.8. The number of alkyl halides is 1. The number of nitrogens with one attached hydrogen (secondary N) is 1. The third-order valence-electron chi connectivity index (χ3n) is 3.00. The van der Waals surface area contributed by atoms with Gasteiger partial charge in [0.2, 0.25) is 0 Å². The van der Waals surface area contributed by atoms with Gasteiger partial charge in [0.25, 0.3) is 0 Å². The average molecular weight is 261 g/mol. The molecule has 0 saturated heterocycles. The number of nitrogens with zero attached hydrogens (tertiary/aromatic N) is 3. The summed E-state index contributed by atoms with van der Waals surface area (Å²) >= 11 is 5.70. The highest BCUT2D eigenvalue weighted by molar-refractivity contribution is 6.17. The minimum atomic E-state index is 0.576. The smallest absolute Gasteiger partial charge is 0.107 e. The van der Waals surface area contributed by atoms with E-state index in [-0.39, 0.29) is 0 Å². The number of fused-ring (bicyclic) bond motifs is 1. The van der Waals surface area contributed by atoms with Gasteiger partial charge in [0.15, 0.2) is 0 Å². The van der Waals surface area contributed by atoms with Crippen LogP contribution in [0.1, 0.15) is 5.82 Å². The Morgan fingerprint density at radius 2 is 2.22 bits per heavy atom. The maximum atomic E-state index is 5.70. The Morgan fingerprint density at radius 1 is 1.33 bits per heavy atom. The minimum absolute atomic E-state index is 0.576. The highest BCUT2D eigenvalue weighted by Crippen LogP contribution is 2.22. The fourth-order valence-corrected chi connectivity index (χ4v) is 2.21. The second-order valence-corrected chi connectivity index (χ2v) is 4.62. The summed E-state index contributed by atoms with van der Waals surface area (Å²) in [6.07, 6.45) is 4.42. The van der Waals surface area contributed by atoms with E-state index in [1.54, 1.807) is 0 Å². The van der Waals surface area contributed by atoms with Crippen LogP contribution < -0.4 is 0 Å². The summed E-state index contributed by atoms with van der Waals surface area (Å²) in [6.45, 7) is 0. The second kappa shape index (κ2) is 4.46. The summed E-state index contributed by atoms with van der Waals surface area (Å²) in [4.78, 5) is 11.9. The lowest BCUT2D eigenvalue weighted by atomic mass is 10.1. The lowest BCUT2D eigenvalue weighted by Crippen LogP contribution is -1.88. The van der Waals surface area contributed by atoms with Crippen molar-refractivity contribution < 1.29 is 0 Å². The molecule has 0 fully saturated rings. The van der Waals surface area contributed by atoms with E-state index in [9.17, 15) is 0 Å². The number of imidazole rings is 2. The third-order valence-corrected chi connectivity index (χ3v) is 3.19. The first kappa shape index (κ1) is 11.3. The molecule has 0 radical (unpaired) electrons. The van der Waals surface area contributed by atoms with Crippen molar-refractivity contribution in [3.05, 3.63) is 36.5 Å². The van der Waals surface area contributed by atoms with Crippen LogP contribution in [0.15, 0.2) is 30.7 Å². The highest BCUT2D eigenvalue weighted by Gasteiger charge is 2.06. The summed E-state index contributed by atoms with van der Waals surface area (Å²) < 4.78 is 2.00. The lowest BCUT2D eigenvalue weighted by Gasteiger charge is -1.99. The van der Waals surface area contributed by atoms with Gasteiger partial charge in [-0.15, -0.1) is 11.6 Å². The van der Waals surface area contributed by atoms with Gasteiger partial charge in [-0.3, -0.25) is 0 Å². The molecule has 3 rings (SSSR count). The Balaban J connectivity index is 2.02. The summed E-state index contributed by atoms with van der Waals surface area (Å²) in [5.41, 5.74) is 4.21. The molecule has 0 spiro atoms. The maximum Gasteiger partial charge on any atom is 0.107 e. The predicted octanol–water partition coefficient (Wildman–Crippen LogP) is 2.74. The van der Waals surface area contributed by atoms with Gasteiger partial charge in [-0.25, -0.2) is 9.97 Å². The number of aromatic nitrogens is 4. The van der Waals surface area contributed by atoms with Gasteiger partial charge >= 0.3 is 0 Å². The molecule has 5 heteroatoms. The van der Waals surface area contributed by atoms with Gasteiger partial charge < -0.3 is 9.55 Å². The minimum Gasteiger partial charge on any atom is -0.342 e. The van der Waals surface area contributed by atoms with Crippen LogP contribution in [0, 0.1) is 0 Å². The summed E-state index contributed by atoms with van der Waals surface area (Å²) in [5.74, 6) is 1.49. The SMILES string of the molecule is Cn1cnc2cc(-c3cnc(CCCl)[nH]3)ccc21. The lowest BCUT2D eigenvalue weighted by molar-refractivity contribution is 0.948. The zero-order chi connectivity index (χ0) is 12.5. The topological polar surface area (TPSA) is 46.5 Å². The van der Waals surface area contributed by atoms with E-state index in [0.717, 1.165) is 34.5 Å². The number of aromatic amines is 1. The zero-order valence-electron chi connectivity index (χ0n) is 10.0. The Labute approximate surface area is 110 Å². The fraction of sp³-hybridized carbons (Fsp3) is 0.231. The van der Waals surface area contributed by atoms with Crippen molar-refractivity contribution in [3.63, 3.8) is 0 Å². The molecule has 2 aromatic heterocycles. The van der Waals surface area contributed by atoms with Crippen LogP contribution >= 0.6 is 11.6 Å². The molecule has 92 valence electrons. The van der Waals surface area contributed by atoms with Gasteiger partial charge in [0.05, 0.1) is 29.3 Å². The van der Waals surface area contributed by atoms with Crippen molar-refractivity contribution in [3.8, 4) is 11.3 Å². The fourth-order valence-electron chi connectivity index (χ4n) is 2.03. The van der Waals surface area contributed by atoms with E-state index in [1.165, 1.54) is 0 Å². The van der Waals surface area contributed by atoms with Gasteiger partial charge in [0, 0.05) is 24.9 Å². The van der Waals surface area contributed by atoms with Crippen LogP contribution in [0.5, 0.6) is 0 Å². The van der Waals surface area contributed by atoms with E-state index in [1.807, 2.05) is 24.1 Å². The Bertz CT molecular complexity index is 683. The molecular weight excluding hydrogens is 248 g/mol. The molecule has 4 nitrogen and oxygen atoms in total. The molecular formula is C13H13ClN4. The maximum absolute atomic E-state index is 5.70. The first-order chi connectivity index (χ1) is 8.78. The third kappa shape index (κ3) is 1.88. The molecule has 18 heavy (non-hydrogen) atoms. The quantitative estimate of drug-likeness (QED) is 0.736. The van der Waals surface area contributed by atoms with Crippen molar-refractivity contribution in [1.29, 1.82) is 0 Å². The van der Waals surface area contributed by atoms with Crippen molar-refractivity contribution in [2.75, 3.05) is 5.88 Å². The van der Waals surface area contributed by atoms with Crippen LogP contribution in [0.2, 0.25) is 0 Å². The number of hydrogen-bond donors (Lipinski definition) is 1. The van der Waals surface area contributed by atoms with E-state index in [0.29, 0.717) is 5.88 Å². The van der Waals surface area contributed by atoms with Crippen molar-refractivity contribution >= 4 is 22.6 Å². The normalized spacial score (nSPS) is 11.2.